The number of H-pyrrole nitrogens is 1. The number of rotatable bonds is 11. The van der Waals surface area contributed by atoms with Crippen molar-refractivity contribution < 1.29 is 4.74 Å². The lowest BCUT2D eigenvalue weighted by Gasteiger charge is -2.11. The summed E-state index contributed by atoms with van der Waals surface area (Å²) in [5.74, 6) is 2.76. The molecule has 1 fully saturated rings. The number of guanidine groups is 1. The first-order valence-electron chi connectivity index (χ1n) is 9.88. The van der Waals surface area contributed by atoms with Crippen molar-refractivity contribution in [3.05, 3.63) is 30.1 Å². The molecule has 0 aliphatic heterocycles. The fraction of sp³-hybridized carbons (Fsp3) is 0.600. The van der Waals surface area contributed by atoms with E-state index < -0.39 is 0 Å². The van der Waals surface area contributed by atoms with E-state index in [2.05, 4.69) is 38.6 Å². The van der Waals surface area contributed by atoms with E-state index in [4.69, 9.17) is 4.74 Å². The predicted octanol–water partition coefficient (Wildman–Crippen LogP) is 2.87. The largest absolute Gasteiger partial charge is 0.381 e. The van der Waals surface area contributed by atoms with Gasteiger partial charge in [0.25, 0.3) is 0 Å². The molecule has 0 radical (unpaired) electrons. The monoisotopic (exact) mass is 357 g/mol. The molecular weight excluding hydrogens is 326 g/mol. The summed E-state index contributed by atoms with van der Waals surface area (Å²) in [7, 11) is 0. The molecule has 0 spiro atoms. The Kier molecular flexibility index (Phi) is 7.31. The van der Waals surface area contributed by atoms with Gasteiger partial charge >= 0.3 is 0 Å². The molecule has 142 valence electrons. The molecule has 1 aromatic heterocycles. The maximum absolute atomic E-state index is 5.66. The van der Waals surface area contributed by atoms with Crippen LogP contribution in [-0.2, 0) is 11.2 Å². The van der Waals surface area contributed by atoms with E-state index in [1.165, 1.54) is 12.8 Å². The number of para-hydroxylation sites is 2. The molecule has 2 aromatic rings. The van der Waals surface area contributed by atoms with Crippen molar-refractivity contribution in [3.8, 4) is 0 Å². The Morgan fingerprint density at radius 3 is 2.96 bits per heavy atom. The molecule has 1 aliphatic rings. The molecule has 0 atom stereocenters. The summed E-state index contributed by atoms with van der Waals surface area (Å²) < 4.78 is 5.66. The second-order valence-corrected chi connectivity index (χ2v) is 6.86. The van der Waals surface area contributed by atoms with Crippen LogP contribution in [0.4, 0.5) is 0 Å². The average molecular weight is 358 g/mol. The fourth-order valence-corrected chi connectivity index (χ4v) is 2.82. The van der Waals surface area contributed by atoms with Crippen molar-refractivity contribution in [2.75, 3.05) is 32.8 Å². The Hall–Kier alpha value is -2.08. The smallest absolute Gasteiger partial charge is 0.191 e. The van der Waals surface area contributed by atoms with Gasteiger partial charge in [-0.2, -0.15) is 0 Å². The second kappa shape index (κ2) is 10.2. The molecule has 0 saturated heterocycles. The zero-order valence-electron chi connectivity index (χ0n) is 15.8. The number of benzene rings is 1. The number of aliphatic imine (C=N–C) groups is 1. The van der Waals surface area contributed by atoms with Crippen LogP contribution in [-0.4, -0.2) is 48.8 Å². The van der Waals surface area contributed by atoms with Crippen LogP contribution < -0.4 is 10.6 Å². The van der Waals surface area contributed by atoms with Gasteiger partial charge in [0, 0.05) is 39.3 Å². The van der Waals surface area contributed by atoms with Crippen LogP contribution >= 0.6 is 0 Å². The van der Waals surface area contributed by atoms with Crippen LogP contribution in [0.25, 0.3) is 11.0 Å². The molecule has 1 aliphatic carbocycles. The van der Waals surface area contributed by atoms with Crippen molar-refractivity contribution in [1.29, 1.82) is 0 Å². The average Bonchev–Trinajstić information content (AvgIpc) is 3.38. The maximum atomic E-state index is 5.66. The van der Waals surface area contributed by atoms with Crippen molar-refractivity contribution in [2.45, 2.75) is 39.0 Å². The standard InChI is InChI=1S/C20H31N5O/c1-2-21-20(23-13-6-14-26-15-16-10-11-16)22-12-5-9-19-24-17-7-3-4-8-18(17)25-19/h3-4,7-8,16H,2,5-6,9-15H2,1H3,(H,24,25)(H2,21,22,23). The first kappa shape index (κ1) is 18.7. The molecule has 6 heteroatoms. The third kappa shape index (κ3) is 6.33. The summed E-state index contributed by atoms with van der Waals surface area (Å²) in [5, 5.41) is 6.68. The number of nitrogens with one attached hydrogen (secondary N) is 3. The van der Waals surface area contributed by atoms with E-state index in [1.807, 2.05) is 18.2 Å². The van der Waals surface area contributed by atoms with Gasteiger partial charge < -0.3 is 20.4 Å². The summed E-state index contributed by atoms with van der Waals surface area (Å²) in [5.41, 5.74) is 2.13. The van der Waals surface area contributed by atoms with Crippen molar-refractivity contribution in [3.63, 3.8) is 0 Å². The van der Waals surface area contributed by atoms with E-state index in [1.54, 1.807) is 0 Å². The van der Waals surface area contributed by atoms with Crippen LogP contribution in [0, 0.1) is 5.92 Å². The van der Waals surface area contributed by atoms with E-state index in [-0.39, 0.29) is 0 Å². The van der Waals surface area contributed by atoms with Crippen LogP contribution in [0.15, 0.2) is 29.3 Å². The molecule has 3 N–H and O–H groups in total. The minimum atomic E-state index is 0.782. The number of fused-ring (bicyclic) bond motifs is 1. The van der Waals surface area contributed by atoms with E-state index in [0.717, 1.165) is 80.8 Å². The number of hydrogen-bond donors (Lipinski definition) is 3. The highest BCUT2D eigenvalue weighted by atomic mass is 16.5. The Balaban J connectivity index is 1.33. The van der Waals surface area contributed by atoms with Crippen LogP contribution in [0.1, 0.15) is 38.4 Å². The lowest BCUT2D eigenvalue weighted by molar-refractivity contribution is 0.123. The number of aryl methyl sites for hydroxylation is 1. The molecule has 26 heavy (non-hydrogen) atoms. The van der Waals surface area contributed by atoms with Gasteiger partial charge in [-0.3, -0.25) is 4.99 Å². The van der Waals surface area contributed by atoms with E-state index in [0.29, 0.717) is 0 Å². The highest BCUT2D eigenvalue weighted by molar-refractivity contribution is 5.79. The topological polar surface area (TPSA) is 74.3 Å². The molecule has 1 aromatic carbocycles. The Bertz CT molecular complexity index is 659. The highest BCUT2D eigenvalue weighted by Crippen LogP contribution is 2.28. The van der Waals surface area contributed by atoms with Gasteiger partial charge in [0.2, 0.25) is 0 Å². The normalized spacial score (nSPS) is 14.7. The third-order valence-corrected chi connectivity index (χ3v) is 4.43. The lowest BCUT2D eigenvalue weighted by Crippen LogP contribution is -2.38. The van der Waals surface area contributed by atoms with Gasteiger partial charge in [0.1, 0.15) is 5.82 Å². The predicted molar refractivity (Wildman–Crippen MR) is 107 cm³/mol. The SMILES string of the molecule is CCNC(=NCCCc1nc2ccccc2[nH]1)NCCCOCC1CC1. The first-order valence-corrected chi connectivity index (χ1v) is 9.88. The molecule has 1 heterocycles. The van der Waals surface area contributed by atoms with Crippen LogP contribution in [0.2, 0.25) is 0 Å². The molecule has 0 amide bonds. The quantitative estimate of drug-likeness (QED) is 0.328. The van der Waals surface area contributed by atoms with Crippen molar-refractivity contribution in [1.82, 2.24) is 20.6 Å². The van der Waals surface area contributed by atoms with E-state index in [9.17, 15) is 0 Å². The van der Waals surface area contributed by atoms with Crippen LogP contribution in [0.5, 0.6) is 0 Å². The van der Waals surface area contributed by atoms with Gasteiger partial charge in [-0.1, -0.05) is 12.1 Å². The summed E-state index contributed by atoms with van der Waals surface area (Å²) in [4.78, 5) is 12.6. The Morgan fingerprint density at radius 2 is 2.15 bits per heavy atom. The Morgan fingerprint density at radius 1 is 1.27 bits per heavy atom. The zero-order chi connectivity index (χ0) is 18.0. The lowest BCUT2D eigenvalue weighted by atomic mass is 10.3. The molecule has 1 saturated carbocycles. The minimum Gasteiger partial charge on any atom is -0.381 e. The number of ether oxygens (including phenoxy) is 1. The van der Waals surface area contributed by atoms with Gasteiger partial charge in [-0.05, 0) is 50.7 Å². The Labute approximate surface area is 155 Å². The summed E-state index contributed by atoms with van der Waals surface area (Å²) in [6, 6.07) is 8.14. The third-order valence-electron chi connectivity index (χ3n) is 4.43. The molecule has 0 bridgehead atoms. The fourth-order valence-electron chi connectivity index (χ4n) is 2.82. The molecule has 6 nitrogen and oxygen atoms in total. The zero-order valence-corrected chi connectivity index (χ0v) is 15.8. The maximum Gasteiger partial charge on any atom is 0.191 e. The second-order valence-electron chi connectivity index (χ2n) is 6.86. The highest BCUT2D eigenvalue weighted by Gasteiger charge is 2.20. The number of nitrogens with zero attached hydrogens (tertiary/aromatic N) is 2. The summed E-state index contributed by atoms with van der Waals surface area (Å²) >= 11 is 0. The van der Waals surface area contributed by atoms with Gasteiger partial charge in [-0.15, -0.1) is 0 Å². The number of imidazole rings is 1. The van der Waals surface area contributed by atoms with Crippen LogP contribution in [0.3, 0.4) is 0 Å². The number of aromatic nitrogens is 2. The van der Waals surface area contributed by atoms with Crippen molar-refractivity contribution in [2.24, 2.45) is 10.9 Å². The molecular formula is C20H31N5O. The molecule has 0 unspecified atom stereocenters. The summed E-state index contributed by atoms with van der Waals surface area (Å²) in [6.07, 6.45) is 5.59. The number of aromatic amines is 1. The van der Waals surface area contributed by atoms with Gasteiger partial charge in [0.15, 0.2) is 5.96 Å². The van der Waals surface area contributed by atoms with Gasteiger partial charge in [-0.25, -0.2) is 4.98 Å². The molecule has 3 rings (SSSR count). The first-order chi connectivity index (χ1) is 12.8. The summed E-state index contributed by atoms with van der Waals surface area (Å²) in [6.45, 7) is 6.40. The van der Waals surface area contributed by atoms with Crippen molar-refractivity contribution >= 4 is 17.0 Å². The number of hydrogen-bond acceptors (Lipinski definition) is 3. The minimum absolute atomic E-state index is 0.782. The van der Waals surface area contributed by atoms with E-state index >= 15 is 0 Å². The van der Waals surface area contributed by atoms with Gasteiger partial charge in [0.05, 0.1) is 11.0 Å².